The van der Waals surface area contributed by atoms with Crippen LogP contribution < -0.4 is 64.7 Å². The van der Waals surface area contributed by atoms with E-state index in [1.165, 1.54) is 12.5 Å². The normalized spacial score (nSPS) is 21.7. The second kappa shape index (κ2) is 28.9. The molecule has 394 valence electrons. The molecule has 3 heterocycles. The smallest absolute Gasteiger partial charge is 0.338 e. The molecule has 23 heteroatoms. The largest absolute Gasteiger partial charge is 0.368 e. The summed E-state index contributed by atoms with van der Waals surface area (Å²) < 4.78 is 0. The van der Waals surface area contributed by atoms with E-state index in [1.54, 1.807) is 43.6 Å². The molecule has 0 aliphatic carbocycles. The number of aromatic amines is 2. The first-order valence-electron chi connectivity index (χ1n) is 24.9. The molecule has 5 rings (SSSR count). The maximum Gasteiger partial charge on any atom is 0.338 e. The number of carbonyl (C=O) groups excluding carboxylic acids is 8. The van der Waals surface area contributed by atoms with Crippen LogP contribution in [-0.4, -0.2) is 131 Å². The highest BCUT2D eigenvalue weighted by Gasteiger charge is 2.35. The van der Waals surface area contributed by atoms with E-state index in [0.717, 1.165) is 17.3 Å². The van der Waals surface area contributed by atoms with E-state index < -0.39 is 96.0 Å². The van der Waals surface area contributed by atoms with E-state index >= 15 is 0 Å². The fourth-order valence-corrected chi connectivity index (χ4v) is 8.50. The van der Waals surface area contributed by atoms with Gasteiger partial charge in [0.25, 0.3) is 0 Å². The molecule has 17 N–H and O–H groups in total. The van der Waals surface area contributed by atoms with Crippen molar-refractivity contribution in [2.24, 2.45) is 17.2 Å². The van der Waals surface area contributed by atoms with Gasteiger partial charge in [-0.1, -0.05) is 81.1 Å². The fourth-order valence-electron chi connectivity index (χ4n) is 8.50. The summed E-state index contributed by atoms with van der Waals surface area (Å²) >= 11 is 0. The minimum atomic E-state index is -1.43. The number of H-pyrrole nitrogens is 2. The van der Waals surface area contributed by atoms with Crippen molar-refractivity contribution >= 4 is 64.1 Å². The quantitative estimate of drug-likeness (QED) is 0.0292. The van der Waals surface area contributed by atoms with Crippen LogP contribution in [-0.2, 0) is 57.6 Å². The summed E-state index contributed by atoms with van der Waals surface area (Å²) in [5.74, 6) is -5.81. The number of imidazole rings is 1. The lowest BCUT2D eigenvalue weighted by Crippen LogP contribution is -2.78. The summed E-state index contributed by atoms with van der Waals surface area (Å²) in [7, 11) is 1.62. The van der Waals surface area contributed by atoms with Crippen molar-refractivity contribution in [2.45, 2.75) is 133 Å². The average molecular weight is 1010 g/mol. The average Bonchev–Trinajstić information content (AvgIpc) is 4.04. The summed E-state index contributed by atoms with van der Waals surface area (Å²) in [4.78, 5) is 125. The number of nitrogens with zero attached hydrogens (tertiary/aromatic N) is 1. The number of benzene rings is 2. The zero-order valence-corrected chi connectivity index (χ0v) is 41.5. The van der Waals surface area contributed by atoms with Crippen molar-refractivity contribution in [3.63, 3.8) is 0 Å². The predicted octanol–water partition coefficient (Wildman–Crippen LogP) is -2.69. The van der Waals surface area contributed by atoms with Crippen molar-refractivity contribution in [2.75, 3.05) is 20.1 Å². The summed E-state index contributed by atoms with van der Waals surface area (Å²) in [6, 6.07) is 7.64. The number of fused-ring (bicyclic) bond motifs is 1. The van der Waals surface area contributed by atoms with Gasteiger partial charge in [0.05, 0.1) is 25.3 Å². The Bertz CT molecular complexity index is 2490. The Morgan fingerprint density at radius 3 is 2.10 bits per heavy atom. The summed E-state index contributed by atoms with van der Waals surface area (Å²) in [5.41, 5.74) is 19.7. The fraction of sp³-hybridized carbons (Fsp3) is 0.480. The van der Waals surface area contributed by atoms with Crippen LogP contribution >= 0.6 is 0 Å². The van der Waals surface area contributed by atoms with Crippen LogP contribution in [0.1, 0.15) is 88.0 Å². The van der Waals surface area contributed by atoms with E-state index in [2.05, 4.69) is 62.5 Å². The van der Waals surface area contributed by atoms with E-state index in [-0.39, 0.29) is 57.6 Å². The number of guanidine groups is 1. The van der Waals surface area contributed by atoms with Gasteiger partial charge in [-0.25, -0.2) is 4.98 Å². The molecular weight excluding hydrogens is 939 g/mol. The molecule has 1 aliphatic heterocycles. The Morgan fingerprint density at radius 1 is 0.753 bits per heavy atom. The van der Waals surface area contributed by atoms with Crippen LogP contribution in [0.5, 0.6) is 0 Å². The zero-order chi connectivity index (χ0) is 52.7. The first kappa shape index (κ1) is 56.1. The number of hydrogen-bond donors (Lipinski definition) is 14. The summed E-state index contributed by atoms with van der Waals surface area (Å²) in [6.07, 6.45) is 7.59. The molecule has 2 aromatic heterocycles. The van der Waals surface area contributed by atoms with Gasteiger partial charge in [-0.15, -0.1) is 0 Å². The molecular formula is C50H72N15O8+. The lowest BCUT2D eigenvalue weighted by Gasteiger charge is -2.28. The molecule has 73 heavy (non-hydrogen) atoms. The molecule has 0 spiro atoms. The minimum absolute atomic E-state index is 0.00123. The molecule has 7 unspecified atom stereocenters. The summed E-state index contributed by atoms with van der Waals surface area (Å²) in [5, 5.41) is 23.1. The number of aromatic nitrogens is 3. The Hall–Kier alpha value is -7.82. The SMILES string of the molecule is CCCCC(NC)C(=O)NC1CC(=O)NCCCCCC(C(N)=O)NC(=O)C(Cc2c[nH]c3ccccc23)NC(=O)C(CCC[NH+]=C(N)N)NC(=O)C(Cc2ccccc2)NC(=O)C(Cc2cnc[nH]2)NC1=O. The molecule has 7 atom stereocenters. The highest BCUT2D eigenvalue weighted by atomic mass is 16.2. The maximum absolute atomic E-state index is 14.7. The number of rotatable bonds is 17. The van der Waals surface area contributed by atoms with Crippen LogP contribution in [0.2, 0.25) is 0 Å². The van der Waals surface area contributed by atoms with Crippen LogP contribution in [0.3, 0.4) is 0 Å². The third-order valence-corrected chi connectivity index (χ3v) is 12.6. The number of primary amides is 1. The van der Waals surface area contributed by atoms with Gasteiger partial charge in [-0.2, -0.15) is 0 Å². The number of amides is 8. The van der Waals surface area contributed by atoms with Crippen LogP contribution in [0.4, 0.5) is 0 Å². The van der Waals surface area contributed by atoms with Gasteiger partial charge in [0.1, 0.15) is 36.3 Å². The van der Waals surface area contributed by atoms with Gasteiger partial charge >= 0.3 is 5.96 Å². The van der Waals surface area contributed by atoms with Gasteiger partial charge in [0.15, 0.2) is 0 Å². The minimum Gasteiger partial charge on any atom is -0.368 e. The van der Waals surface area contributed by atoms with E-state index in [1.807, 2.05) is 31.2 Å². The van der Waals surface area contributed by atoms with Crippen molar-refractivity contribution in [1.82, 2.24) is 57.5 Å². The van der Waals surface area contributed by atoms with E-state index in [4.69, 9.17) is 17.2 Å². The van der Waals surface area contributed by atoms with Crippen LogP contribution in [0, 0.1) is 0 Å². The first-order valence-corrected chi connectivity index (χ1v) is 24.9. The number of para-hydroxylation sites is 1. The molecule has 1 fully saturated rings. The standard InChI is InChI=1S/C50H71N15O8/c1-3-4-17-36(54-2)44(68)65-41-26-42(66)56-21-12-6-9-19-35(43(51)67)60-47(71)39(24-31-27-58-34-18-11-10-16-33(31)34)63-45(69)37(20-13-22-57-50(52)53)61-46(70)38(23-30-14-7-5-8-15-30)62-48(72)40(64-49(41)73)25-32-28-55-29-59-32/h5,7-8,10-11,14-16,18,27-29,35-41,54,58H,3-4,6,9,12-13,17,19-26H2,1-2H3,(H2,51,67)(H,55,59)(H,56,66)(H,60,71)(H,61,70)(H,62,72)(H,63,69)(H,64,73)(H,65,68)(H4,52,53,57)/p+1. The highest BCUT2D eigenvalue weighted by molar-refractivity contribution is 5.98. The van der Waals surface area contributed by atoms with Crippen molar-refractivity contribution in [3.8, 4) is 0 Å². The van der Waals surface area contributed by atoms with E-state index in [0.29, 0.717) is 48.9 Å². The second-order valence-corrected chi connectivity index (χ2v) is 18.2. The Balaban J connectivity index is 1.53. The lowest BCUT2D eigenvalue weighted by atomic mass is 10.0. The van der Waals surface area contributed by atoms with Crippen LogP contribution in [0.15, 0.2) is 73.3 Å². The number of unbranched alkanes of at least 4 members (excludes halogenated alkanes) is 1. The maximum atomic E-state index is 14.7. The van der Waals surface area contributed by atoms with Crippen molar-refractivity contribution < 1.29 is 43.3 Å². The van der Waals surface area contributed by atoms with Gasteiger partial charge in [-0.05, 0) is 56.3 Å². The molecule has 1 aliphatic rings. The van der Waals surface area contributed by atoms with Crippen LogP contribution in [0.25, 0.3) is 10.9 Å². The van der Waals surface area contributed by atoms with Gasteiger partial charge in [0, 0.05) is 54.8 Å². The molecule has 0 bridgehead atoms. The molecule has 1 saturated heterocycles. The monoisotopic (exact) mass is 1010 g/mol. The summed E-state index contributed by atoms with van der Waals surface area (Å²) in [6.45, 7) is 2.36. The number of likely N-dealkylation sites (N-methyl/N-ethyl adjacent to an activating group) is 1. The second-order valence-electron chi connectivity index (χ2n) is 18.2. The zero-order valence-electron chi connectivity index (χ0n) is 41.5. The number of carbonyl (C=O) groups is 8. The Kier molecular flexibility index (Phi) is 22.2. The molecule has 2 aromatic carbocycles. The van der Waals surface area contributed by atoms with Gasteiger partial charge in [0.2, 0.25) is 47.3 Å². The molecule has 4 aromatic rings. The van der Waals surface area contributed by atoms with E-state index in [9.17, 15) is 38.4 Å². The molecule has 23 nitrogen and oxygen atoms in total. The molecule has 8 amide bonds. The topological polar surface area (TPSA) is 369 Å². The van der Waals surface area contributed by atoms with Gasteiger partial charge in [-0.3, -0.25) is 54.8 Å². The molecule has 0 saturated carbocycles. The Morgan fingerprint density at radius 2 is 1.41 bits per heavy atom. The number of nitrogens with one attached hydrogen (secondary N) is 11. The molecule has 0 radical (unpaired) electrons. The third-order valence-electron chi connectivity index (χ3n) is 12.6. The van der Waals surface area contributed by atoms with Crippen molar-refractivity contribution in [3.05, 3.63) is 90.1 Å². The number of hydrogen-bond acceptors (Lipinski definition) is 10. The predicted molar refractivity (Wildman–Crippen MR) is 272 cm³/mol. The first-order chi connectivity index (χ1) is 35.1. The third kappa shape index (κ3) is 18.1. The lowest BCUT2D eigenvalue weighted by molar-refractivity contribution is -0.459. The number of nitrogens with two attached hydrogens (primary N) is 3. The Labute approximate surface area is 424 Å². The van der Waals surface area contributed by atoms with Gasteiger partial charge < -0.3 is 58.2 Å². The van der Waals surface area contributed by atoms with Crippen molar-refractivity contribution in [1.29, 1.82) is 0 Å². The highest BCUT2D eigenvalue weighted by Crippen LogP contribution is 2.20.